The summed E-state index contributed by atoms with van der Waals surface area (Å²) < 4.78 is 6.73. The predicted molar refractivity (Wildman–Crippen MR) is 120 cm³/mol. The van der Waals surface area contributed by atoms with Crippen molar-refractivity contribution in [3.8, 4) is 0 Å². The molecule has 0 bridgehead atoms. The molecule has 32 heavy (non-hydrogen) atoms. The van der Waals surface area contributed by atoms with Crippen molar-refractivity contribution in [3.05, 3.63) is 51.8 Å². The van der Waals surface area contributed by atoms with Gasteiger partial charge in [-0.15, -0.1) is 0 Å². The van der Waals surface area contributed by atoms with Crippen LogP contribution >= 0.6 is 11.8 Å². The van der Waals surface area contributed by atoms with Gasteiger partial charge < -0.3 is 14.5 Å². The normalized spacial score (nSPS) is 15.5. The fraction of sp³-hybridized carbons (Fsp3) is 0.500. The second-order valence-electron chi connectivity index (χ2n) is 7.74. The van der Waals surface area contributed by atoms with Crippen LogP contribution in [0.3, 0.4) is 0 Å². The average molecular weight is 458 g/mol. The van der Waals surface area contributed by atoms with Crippen molar-refractivity contribution in [1.29, 1.82) is 0 Å². The van der Waals surface area contributed by atoms with Crippen LogP contribution in [-0.4, -0.2) is 74.9 Å². The van der Waals surface area contributed by atoms with E-state index >= 15 is 0 Å². The average Bonchev–Trinajstić information content (AvgIpc) is 3.30. The number of ether oxygens (including phenoxy) is 1. The summed E-state index contributed by atoms with van der Waals surface area (Å²) in [7, 11) is 0. The summed E-state index contributed by atoms with van der Waals surface area (Å²) in [6, 6.07) is 5.66. The van der Waals surface area contributed by atoms with Gasteiger partial charge in [0.1, 0.15) is 5.03 Å². The molecule has 0 N–H and O–H groups in total. The number of hydrogen-bond donors (Lipinski definition) is 0. The van der Waals surface area contributed by atoms with Crippen molar-refractivity contribution in [2.75, 3.05) is 38.5 Å². The maximum Gasteiger partial charge on any atom is 0.409 e. The quantitative estimate of drug-likeness (QED) is 0.480. The lowest BCUT2D eigenvalue weighted by Crippen LogP contribution is -2.51. The molecule has 3 heterocycles. The number of hydrogen-bond acceptors (Lipinski definition) is 7. The van der Waals surface area contributed by atoms with E-state index in [0.29, 0.717) is 44.4 Å². The van der Waals surface area contributed by atoms with E-state index in [0.717, 1.165) is 36.2 Å². The highest BCUT2D eigenvalue weighted by atomic mass is 32.2. The molecule has 2 aromatic rings. The molecule has 1 fully saturated rings. The predicted octanol–water partition coefficient (Wildman–Crippen LogP) is 1.57. The van der Waals surface area contributed by atoms with E-state index in [4.69, 9.17) is 4.74 Å². The third kappa shape index (κ3) is 4.95. The molecule has 0 unspecified atom stereocenters. The minimum absolute atomic E-state index is 0.00952. The first kappa shape index (κ1) is 22.3. The van der Waals surface area contributed by atoms with E-state index in [9.17, 15) is 14.4 Å². The number of piperazine rings is 1. The van der Waals surface area contributed by atoms with Crippen LogP contribution in [0, 0.1) is 0 Å². The van der Waals surface area contributed by atoms with Gasteiger partial charge in [-0.25, -0.2) is 9.59 Å². The van der Waals surface area contributed by atoms with Gasteiger partial charge in [0, 0.05) is 43.6 Å². The molecule has 2 aromatic heterocycles. The van der Waals surface area contributed by atoms with Gasteiger partial charge in [0.25, 0.3) is 0 Å². The highest BCUT2D eigenvalue weighted by molar-refractivity contribution is 7.99. The van der Waals surface area contributed by atoms with Crippen LogP contribution in [0.2, 0.25) is 0 Å². The minimum Gasteiger partial charge on any atom is -0.450 e. The molecule has 0 atom stereocenters. The van der Waals surface area contributed by atoms with Gasteiger partial charge in [-0.1, -0.05) is 17.8 Å². The first-order valence-corrected chi connectivity index (χ1v) is 11.9. The van der Waals surface area contributed by atoms with Gasteiger partial charge in [-0.05, 0) is 38.3 Å². The summed E-state index contributed by atoms with van der Waals surface area (Å²) >= 11 is 1.34. The Hall–Kier alpha value is -2.88. The summed E-state index contributed by atoms with van der Waals surface area (Å²) in [4.78, 5) is 49.3. The Morgan fingerprint density at radius 1 is 1.12 bits per heavy atom. The van der Waals surface area contributed by atoms with Crippen LogP contribution in [0.1, 0.15) is 30.3 Å². The molecule has 0 spiro atoms. The molecule has 4 rings (SSSR count). The van der Waals surface area contributed by atoms with Gasteiger partial charge in [-0.2, -0.15) is 4.98 Å². The van der Waals surface area contributed by atoms with Crippen LogP contribution in [0.4, 0.5) is 4.79 Å². The number of amides is 2. The molecule has 0 saturated carbocycles. The standard InChI is InChI=1S/C22H27N5O4S/c1-2-31-22(30)26-12-10-25(11-13-26)19(28)15-32-20-17-7-5-8-18(17)27(21(29)24-20)14-16-6-3-4-9-23-16/h3-4,6,9H,2,5,7-8,10-15H2,1H3. The minimum atomic E-state index is -0.333. The molecule has 10 heteroatoms. The number of carbonyl (C=O) groups excluding carboxylic acids is 2. The summed E-state index contributed by atoms with van der Waals surface area (Å²) in [5.41, 5.74) is 2.61. The number of thioether (sulfide) groups is 1. The van der Waals surface area contributed by atoms with Gasteiger partial charge in [0.05, 0.1) is 24.6 Å². The van der Waals surface area contributed by atoms with Gasteiger partial charge >= 0.3 is 11.8 Å². The third-order valence-electron chi connectivity index (χ3n) is 5.74. The van der Waals surface area contributed by atoms with Crippen molar-refractivity contribution >= 4 is 23.8 Å². The van der Waals surface area contributed by atoms with Crippen LogP contribution < -0.4 is 5.69 Å². The fourth-order valence-electron chi connectivity index (χ4n) is 4.10. The second-order valence-corrected chi connectivity index (χ2v) is 8.71. The Morgan fingerprint density at radius 3 is 2.62 bits per heavy atom. The number of nitrogens with zero attached hydrogens (tertiary/aromatic N) is 5. The van der Waals surface area contributed by atoms with E-state index in [2.05, 4.69) is 9.97 Å². The molecule has 2 aliphatic rings. The first-order valence-electron chi connectivity index (χ1n) is 10.9. The fourth-order valence-corrected chi connectivity index (χ4v) is 5.08. The molecule has 0 aromatic carbocycles. The Bertz CT molecular complexity index is 1030. The summed E-state index contributed by atoms with van der Waals surface area (Å²) in [5.74, 6) is 0.215. The molecule has 0 radical (unpaired) electrons. The van der Waals surface area contributed by atoms with Crippen molar-refractivity contribution in [2.24, 2.45) is 0 Å². The molecule has 9 nitrogen and oxygen atoms in total. The zero-order valence-electron chi connectivity index (χ0n) is 18.2. The molecule has 1 saturated heterocycles. The van der Waals surface area contributed by atoms with Crippen molar-refractivity contribution < 1.29 is 14.3 Å². The molecular formula is C22H27N5O4S. The lowest BCUT2D eigenvalue weighted by Gasteiger charge is -2.34. The zero-order valence-corrected chi connectivity index (χ0v) is 19.0. The maximum absolute atomic E-state index is 12.8. The smallest absolute Gasteiger partial charge is 0.409 e. The maximum atomic E-state index is 12.8. The van der Waals surface area contributed by atoms with Gasteiger partial charge in [0.2, 0.25) is 5.91 Å². The van der Waals surface area contributed by atoms with Crippen LogP contribution in [0.15, 0.2) is 34.2 Å². The lowest BCUT2D eigenvalue weighted by molar-refractivity contribution is -0.129. The topological polar surface area (TPSA) is 97.6 Å². The number of pyridine rings is 1. The monoisotopic (exact) mass is 457 g/mol. The van der Waals surface area contributed by atoms with E-state index in [1.807, 2.05) is 18.2 Å². The number of carbonyl (C=O) groups is 2. The van der Waals surface area contributed by atoms with E-state index in [-0.39, 0.29) is 23.4 Å². The van der Waals surface area contributed by atoms with E-state index < -0.39 is 0 Å². The molecular weight excluding hydrogens is 430 g/mol. The summed E-state index contributed by atoms with van der Waals surface area (Å²) in [5, 5.41) is 0.665. The van der Waals surface area contributed by atoms with Crippen molar-refractivity contribution in [2.45, 2.75) is 37.8 Å². The Kier molecular flexibility index (Phi) is 7.09. The number of aromatic nitrogens is 3. The van der Waals surface area contributed by atoms with E-state index in [1.165, 1.54) is 11.8 Å². The second kappa shape index (κ2) is 10.2. The van der Waals surface area contributed by atoms with Crippen molar-refractivity contribution in [1.82, 2.24) is 24.3 Å². The van der Waals surface area contributed by atoms with Gasteiger partial charge in [0.15, 0.2) is 0 Å². The van der Waals surface area contributed by atoms with Crippen LogP contribution in [-0.2, 0) is 28.9 Å². The third-order valence-corrected chi connectivity index (χ3v) is 6.74. The number of fused-ring (bicyclic) bond motifs is 1. The molecule has 1 aliphatic carbocycles. The molecule has 1 aliphatic heterocycles. The Morgan fingerprint density at radius 2 is 1.91 bits per heavy atom. The molecule has 2 amide bonds. The van der Waals surface area contributed by atoms with Crippen LogP contribution in [0.25, 0.3) is 0 Å². The first-order chi connectivity index (χ1) is 15.6. The van der Waals surface area contributed by atoms with Gasteiger partial charge in [-0.3, -0.25) is 14.3 Å². The Labute approximate surface area is 190 Å². The highest BCUT2D eigenvalue weighted by Gasteiger charge is 2.26. The van der Waals surface area contributed by atoms with Crippen LogP contribution in [0.5, 0.6) is 0 Å². The highest BCUT2D eigenvalue weighted by Crippen LogP contribution is 2.29. The van der Waals surface area contributed by atoms with Crippen molar-refractivity contribution in [3.63, 3.8) is 0 Å². The summed E-state index contributed by atoms with van der Waals surface area (Å²) in [6.45, 7) is 4.41. The van der Waals surface area contributed by atoms with E-state index in [1.54, 1.807) is 27.5 Å². The SMILES string of the molecule is CCOC(=O)N1CCN(C(=O)CSc2nc(=O)n(Cc3ccccn3)c3c2CCC3)CC1. The molecule has 170 valence electrons. The lowest BCUT2D eigenvalue weighted by atomic mass is 10.2. The Balaban J connectivity index is 1.39. The summed E-state index contributed by atoms with van der Waals surface area (Å²) in [6.07, 6.45) is 4.05. The zero-order chi connectivity index (χ0) is 22.5. The number of rotatable bonds is 6. The largest absolute Gasteiger partial charge is 0.450 e.